The number of fused-ring (bicyclic) bond motifs is 1. The van der Waals surface area contributed by atoms with Gasteiger partial charge in [0.25, 0.3) is 0 Å². The first-order valence-corrected chi connectivity index (χ1v) is 6.82. The molecule has 1 heterocycles. The van der Waals surface area contributed by atoms with Crippen LogP contribution in [-0.2, 0) is 6.42 Å². The zero-order valence-electron chi connectivity index (χ0n) is 11.9. The SMILES string of the molecule is CCN1c2ccccc2CC(C)(CC)C1(C)C. The molecule has 1 aliphatic rings. The number of rotatable bonds is 2. The quantitative estimate of drug-likeness (QED) is 0.735. The zero-order valence-corrected chi connectivity index (χ0v) is 11.9. The fourth-order valence-electron chi connectivity index (χ4n) is 3.31. The van der Waals surface area contributed by atoms with Crippen molar-refractivity contribution in [1.29, 1.82) is 0 Å². The number of benzene rings is 1. The number of anilines is 1. The monoisotopic (exact) mass is 231 g/mol. The average molecular weight is 231 g/mol. The smallest absolute Gasteiger partial charge is 0.0403 e. The molecule has 1 atom stereocenters. The Morgan fingerprint density at radius 3 is 2.35 bits per heavy atom. The van der Waals surface area contributed by atoms with Crippen LogP contribution >= 0.6 is 0 Å². The van der Waals surface area contributed by atoms with Crippen LogP contribution in [-0.4, -0.2) is 12.1 Å². The first kappa shape index (κ1) is 12.5. The molecule has 1 aromatic rings. The van der Waals surface area contributed by atoms with Crippen molar-refractivity contribution in [2.24, 2.45) is 5.41 Å². The Bertz CT molecular complexity index is 408. The Balaban J connectivity index is 2.57. The van der Waals surface area contributed by atoms with Gasteiger partial charge in [-0.3, -0.25) is 0 Å². The topological polar surface area (TPSA) is 3.24 Å². The fraction of sp³-hybridized carbons (Fsp3) is 0.625. The molecule has 1 aliphatic heterocycles. The van der Waals surface area contributed by atoms with Gasteiger partial charge in [-0.05, 0) is 50.7 Å². The lowest BCUT2D eigenvalue weighted by Crippen LogP contribution is -2.59. The molecule has 0 radical (unpaired) electrons. The third kappa shape index (κ3) is 1.67. The van der Waals surface area contributed by atoms with Gasteiger partial charge in [-0.15, -0.1) is 0 Å². The average Bonchev–Trinajstić information content (AvgIpc) is 2.30. The maximum atomic E-state index is 2.58. The van der Waals surface area contributed by atoms with E-state index in [1.54, 1.807) is 0 Å². The molecule has 94 valence electrons. The first-order valence-electron chi connectivity index (χ1n) is 6.82. The molecule has 0 N–H and O–H groups in total. The Morgan fingerprint density at radius 2 is 1.76 bits per heavy atom. The lowest BCUT2D eigenvalue weighted by Gasteiger charge is -2.56. The van der Waals surface area contributed by atoms with E-state index >= 15 is 0 Å². The maximum Gasteiger partial charge on any atom is 0.0403 e. The summed E-state index contributed by atoms with van der Waals surface area (Å²) in [6, 6.07) is 8.89. The molecule has 1 nitrogen and oxygen atoms in total. The molecular formula is C16H25N. The van der Waals surface area contributed by atoms with E-state index in [-0.39, 0.29) is 5.54 Å². The molecule has 0 amide bonds. The van der Waals surface area contributed by atoms with Crippen molar-refractivity contribution in [3.63, 3.8) is 0 Å². The van der Waals surface area contributed by atoms with E-state index < -0.39 is 0 Å². The second kappa shape index (κ2) is 4.04. The standard InChI is InChI=1S/C16H25N/c1-6-16(5)12-13-10-8-9-11-14(13)17(7-2)15(16,3)4/h8-11H,6-7,12H2,1-5H3. The van der Waals surface area contributed by atoms with Crippen molar-refractivity contribution in [2.45, 2.75) is 53.0 Å². The molecule has 0 bridgehead atoms. The highest BCUT2D eigenvalue weighted by Crippen LogP contribution is 2.49. The lowest BCUT2D eigenvalue weighted by molar-refractivity contribution is 0.145. The van der Waals surface area contributed by atoms with Gasteiger partial charge in [0, 0.05) is 17.8 Å². The van der Waals surface area contributed by atoms with Crippen molar-refractivity contribution in [2.75, 3.05) is 11.4 Å². The highest BCUT2D eigenvalue weighted by Gasteiger charge is 2.47. The van der Waals surface area contributed by atoms with Gasteiger partial charge < -0.3 is 4.90 Å². The molecule has 2 rings (SSSR count). The predicted octanol–water partition coefficient (Wildman–Crippen LogP) is 4.26. The molecular weight excluding hydrogens is 206 g/mol. The van der Waals surface area contributed by atoms with Crippen LogP contribution in [0, 0.1) is 5.41 Å². The summed E-state index contributed by atoms with van der Waals surface area (Å²) in [5.41, 5.74) is 3.53. The minimum atomic E-state index is 0.227. The molecule has 1 unspecified atom stereocenters. The summed E-state index contributed by atoms with van der Waals surface area (Å²) in [5.74, 6) is 0. The molecule has 0 spiro atoms. The van der Waals surface area contributed by atoms with Gasteiger partial charge >= 0.3 is 0 Å². The highest BCUT2D eigenvalue weighted by molar-refractivity contribution is 5.59. The van der Waals surface area contributed by atoms with E-state index in [0.717, 1.165) is 6.54 Å². The molecule has 1 heteroatoms. The Morgan fingerprint density at radius 1 is 1.12 bits per heavy atom. The van der Waals surface area contributed by atoms with Crippen molar-refractivity contribution in [3.05, 3.63) is 29.8 Å². The summed E-state index contributed by atoms with van der Waals surface area (Å²) in [6.07, 6.45) is 2.42. The van der Waals surface area contributed by atoms with E-state index in [2.05, 4.69) is 63.8 Å². The van der Waals surface area contributed by atoms with Crippen LogP contribution in [0.1, 0.15) is 46.6 Å². The highest BCUT2D eigenvalue weighted by atomic mass is 15.2. The molecule has 1 aromatic carbocycles. The van der Waals surface area contributed by atoms with Gasteiger partial charge in [0.05, 0.1) is 0 Å². The van der Waals surface area contributed by atoms with Crippen LogP contribution in [0.5, 0.6) is 0 Å². The molecule has 0 aliphatic carbocycles. The molecule has 0 saturated carbocycles. The summed E-state index contributed by atoms with van der Waals surface area (Å²) in [4.78, 5) is 2.58. The van der Waals surface area contributed by atoms with Gasteiger partial charge in [-0.2, -0.15) is 0 Å². The third-order valence-corrected chi connectivity index (χ3v) is 5.11. The summed E-state index contributed by atoms with van der Waals surface area (Å²) in [7, 11) is 0. The van der Waals surface area contributed by atoms with Crippen LogP contribution in [0.25, 0.3) is 0 Å². The number of nitrogens with zero attached hydrogens (tertiary/aromatic N) is 1. The predicted molar refractivity (Wildman–Crippen MR) is 75.6 cm³/mol. The van der Waals surface area contributed by atoms with E-state index in [1.807, 2.05) is 0 Å². The van der Waals surface area contributed by atoms with Gasteiger partial charge in [-0.1, -0.05) is 32.0 Å². The van der Waals surface area contributed by atoms with Crippen molar-refractivity contribution < 1.29 is 0 Å². The maximum absolute atomic E-state index is 2.58. The molecule has 17 heavy (non-hydrogen) atoms. The largest absolute Gasteiger partial charge is 0.366 e. The minimum absolute atomic E-state index is 0.227. The van der Waals surface area contributed by atoms with E-state index in [4.69, 9.17) is 0 Å². The van der Waals surface area contributed by atoms with Crippen molar-refractivity contribution >= 4 is 5.69 Å². The Kier molecular flexibility index (Phi) is 2.97. The van der Waals surface area contributed by atoms with Gasteiger partial charge in [-0.25, -0.2) is 0 Å². The van der Waals surface area contributed by atoms with Crippen LogP contribution in [0.4, 0.5) is 5.69 Å². The minimum Gasteiger partial charge on any atom is -0.366 e. The Labute approximate surface area is 106 Å². The van der Waals surface area contributed by atoms with E-state index in [0.29, 0.717) is 5.41 Å². The summed E-state index contributed by atoms with van der Waals surface area (Å²) < 4.78 is 0. The van der Waals surface area contributed by atoms with E-state index in [9.17, 15) is 0 Å². The lowest BCUT2D eigenvalue weighted by atomic mass is 9.64. The second-order valence-electron chi connectivity index (χ2n) is 6.02. The Hall–Kier alpha value is -0.980. The normalized spacial score (nSPS) is 26.8. The van der Waals surface area contributed by atoms with Gasteiger partial charge in [0.2, 0.25) is 0 Å². The van der Waals surface area contributed by atoms with Gasteiger partial charge in [0.1, 0.15) is 0 Å². The summed E-state index contributed by atoms with van der Waals surface area (Å²) in [5, 5.41) is 0. The van der Waals surface area contributed by atoms with Crippen LogP contribution < -0.4 is 4.90 Å². The fourth-order valence-corrected chi connectivity index (χ4v) is 3.31. The van der Waals surface area contributed by atoms with E-state index in [1.165, 1.54) is 24.1 Å². The summed E-state index contributed by atoms with van der Waals surface area (Å²) >= 11 is 0. The summed E-state index contributed by atoms with van der Waals surface area (Å²) in [6.45, 7) is 12.9. The molecule has 0 fully saturated rings. The third-order valence-electron chi connectivity index (χ3n) is 5.11. The first-order chi connectivity index (χ1) is 7.96. The van der Waals surface area contributed by atoms with Crippen LogP contribution in [0.15, 0.2) is 24.3 Å². The van der Waals surface area contributed by atoms with Crippen LogP contribution in [0.3, 0.4) is 0 Å². The number of hydrogen-bond acceptors (Lipinski definition) is 1. The van der Waals surface area contributed by atoms with Gasteiger partial charge in [0.15, 0.2) is 0 Å². The number of para-hydroxylation sites is 1. The zero-order chi connectivity index (χ0) is 12.7. The molecule has 0 aromatic heterocycles. The van der Waals surface area contributed by atoms with Crippen LogP contribution in [0.2, 0.25) is 0 Å². The number of hydrogen-bond donors (Lipinski definition) is 0. The second-order valence-corrected chi connectivity index (χ2v) is 6.02. The van der Waals surface area contributed by atoms with Crippen molar-refractivity contribution in [1.82, 2.24) is 0 Å². The van der Waals surface area contributed by atoms with Crippen molar-refractivity contribution in [3.8, 4) is 0 Å². The molecule has 0 saturated heterocycles.